The zero-order chi connectivity index (χ0) is 25.1. The van der Waals surface area contributed by atoms with Gasteiger partial charge in [0.25, 0.3) is 0 Å². The molecule has 4 nitrogen and oxygen atoms in total. The Labute approximate surface area is 206 Å². The maximum atomic E-state index is 12.8. The van der Waals surface area contributed by atoms with Crippen molar-refractivity contribution in [1.82, 2.24) is 0 Å². The molecule has 0 spiro atoms. The first kappa shape index (κ1) is 24.8. The minimum Gasteiger partial charge on any atom is -0.481 e. The molecule has 0 radical (unpaired) electrons. The second-order valence-electron chi connectivity index (χ2n) is 15.2. The first-order valence-electron chi connectivity index (χ1n) is 13.9. The lowest BCUT2D eigenvalue weighted by Crippen LogP contribution is -2.67. The van der Waals surface area contributed by atoms with Crippen molar-refractivity contribution in [3.63, 3.8) is 0 Å². The summed E-state index contributed by atoms with van der Waals surface area (Å²) in [5.41, 5.74) is 0.754. The van der Waals surface area contributed by atoms with Gasteiger partial charge < -0.3 is 15.3 Å². The van der Waals surface area contributed by atoms with Gasteiger partial charge in [0, 0.05) is 0 Å². The summed E-state index contributed by atoms with van der Waals surface area (Å²) >= 11 is 0. The van der Waals surface area contributed by atoms with Gasteiger partial charge in [-0.05, 0) is 103 Å². The summed E-state index contributed by atoms with van der Waals surface area (Å²) < 4.78 is 0. The van der Waals surface area contributed by atoms with Crippen molar-refractivity contribution in [2.45, 2.75) is 118 Å². The summed E-state index contributed by atoms with van der Waals surface area (Å²) in [5.74, 6) is 0.365. The topological polar surface area (TPSA) is 77.8 Å². The van der Waals surface area contributed by atoms with Crippen molar-refractivity contribution in [1.29, 1.82) is 0 Å². The Hall–Kier alpha value is -0.870. The smallest absolute Gasteiger partial charge is 0.310 e. The third-order valence-electron chi connectivity index (χ3n) is 13.0. The number of carboxylic acids is 1. The molecule has 0 bridgehead atoms. The van der Waals surface area contributed by atoms with E-state index in [9.17, 15) is 20.1 Å². The zero-order valence-corrected chi connectivity index (χ0v) is 22.6. The fraction of sp³-hybridized carbons (Fsp3) is 0.900. The molecule has 4 heteroatoms. The Bertz CT molecular complexity index is 919. The molecule has 5 rings (SSSR count). The SMILES string of the molecule is CC1(C)CC[C@]2(C(=O)O)CC[C@]3(C)C(=CC[C@@H]4[C@]5(C)C[C@H](O)[C@@H](O)C(C)(C)[C@@H]5CC[C@@]43C)[C@@H]2C1. The van der Waals surface area contributed by atoms with Gasteiger partial charge >= 0.3 is 5.97 Å². The Morgan fingerprint density at radius 1 is 0.882 bits per heavy atom. The van der Waals surface area contributed by atoms with E-state index >= 15 is 0 Å². The summed E-state index contributed by atoms with van der Waals surface area (Å²) in [6.07, 6.45) is 9.45. The minimum absolute atomic E-state index is 0.00785. The average molecular weight is 473 g/mol. The largest absolute Gasteiger partial charge is 0.481 e. The highest BCUT2D eigenvalue weighted by molar-refractivity contribution is 5.76. The van der Waals surface area contributed by atoms with Crippen LogP contribution >= 0.6 is 0 Å². The molecule has 0 aliphatic heterocycles. The van der Waals surface area contributed by atoms with Gasteiger partial charge in [-0.1, -0.05) is 60.1 Å². The molecule has 0 aromatic rings. The number of aliphatic hydroxyl groups excluding tert-OH is 2. The summed E-state index contributed by atoms with van der Waals surface area (Å²) in [6, 6.07) is 0. The quantitative estimate of drug-likeness (QED) is 0.397. The van der Waals surface area contributed by atoms with Gasteiger partial charge in [0.2, 0.25) is 0 Å². The van der Waals surface area contributed by atoms with E-state index in [2.05, 4.69) is 54.5 Å². The van der Waals surface area contributed by atoms with E-state index in [0.29, 0.717) is 18.3 Å². The van der Waals surface area contributed by atoms with Crippen LogP contribution in [0.25, 0.3) is 0 Å². The fourth-order valence-corrected chi connectivity index (χ4v) is 10.8. The summed E-state index contributed by atoms with van der Waals surface area (Å²) in [5, 5.41) is 32.4. The van der Waals surface area contributed by atoms with Crippen LogP contribution in [0.2, 0.25) is 0 Å². The highest BCUT2D eigenvalue weighted by Crippen LogP contribution is 2.75. The number of fused-ring (bicyclic) bond motifs is 7. The second-order valence-corrected chi connectivity index (χ2v) is 15.2. The molecule has 0 unspecified atom stereocenters. The second kappa shape index (κ2) is 7.12. The van der Waals surface area contributed by atoms with Crippen molar-refractivity contribution in [2.24, 2.45) is 50.2 Å². The standard InChI is InChI=1S/C30H48O4/c1-25(2)12-14-30(24(33)34)15-13-28(6)18(19(30)16-25)8-9-22-27(5)17-20(31)23(32)26(3,4)21(27)10-11-29(22,28)7/h8,19-23,31-32H,9-17H2,1-7H3,(H,33,34)/t19-,20-,21-,22+,23+,27+,28+,29-,30-/m0/s1. The number of aliphatic carboxylic acids is 1. The van der Waals surface area contributed by atoms with E-state index in [1.54, 1.807) is 0 Å². The van der Waals surface area contributed by atoms with E-state index in [0.717, 1.165) is 51.4 Å². The minimum atomic E-state index is -0.679. The monoisotopic (exact) mass is 472 g/mol. The predicted octanol–water partition coefficient (Wildman–Crippen LogP) is 6.20. The van der Waals surface area contributed by atoms with E-state index in [1.807, 2.05) is 0 Å². The van der Waals surface area contributed by atoms with Gasteiger partial charge in [-0.2, -0.15) is 0 Å². The van der Waals surface area contributed by atoms with E-state index < -0.39 is 23.6 Å². The van der Waals surface area contributed by atoms with Gasteiger partial charge in [-0.15, -0.1) is 0 Å². The maximum absolute atomic E-state index is 12.8. The first-order valence-corrected chi connectivity index (χ1v) is 13.9. The first-order chi connectivity index (χ1) is 15.6. The normalized spacial score (nSPS) is 53.4. The molecule has 9 atom stereocenters. The number of allylic oxidation sites excluding steroid dienone is 2. The Morgan fingerprint density at radius 2 is 1.53 bits per heavy atom. The zero-order valence-electron chi connectivity index (χ0n) is 22.6. The van der Waals surface area contributed by atoms with E-state index in [1.165, 1.54) is 5.57 Å². The van der Waals surface area contributed by atoms with Crippen molar-refractivity contribution >= 4 is 5.97 Å². The highest BCUT2D eigenvalue weighted by atomic mass is 16.4. The molecule has 5 aliphatic carbocycles. The number of hydrogen-bond donors (Lipinski definition) is 3. The molecule has 4 fully saturated rings. The molecule has 0 aromatic carbocycles. The third-order valence-corrected chi connectivity index (χ3v) is 13.0. The summed E-state index contributed by atoms with van der Waals surface area (Å²) in [7, 11) is 0. The predicted molar refractivity (Wildman–Crippen MR) is 134 cm³/mol. The molecule has 0 amide bonds. The van der Waals surface area contributed by atoms with Gasteiger partial charge in [-0.3, -0.25) is 4.79 Å². The van der Waals surface area contributed by atoms with Crippen molar-refractivity contribution in [3.05, 3.63) is 11.6 Å². The summed E-state index contributed by atoms with van der Waals surface area (Å²) in [4.78, 5) is 12.8. The third kappa shape index (κ3) is 2.88. The van der Waals surface area contributed by atoms with Crippen LogP contribution in [-0.4, -0.2) is 33.5 Å². The molecular weight excluding hydrogens is 424 g/mol. The molecule has 4 saturated carbocycles. The molecule has 3 N–H and O–H groups in total. The van der Waals surface area contributed by atoms with Crippen LogP contribution in [0.1, 0.15) is 106 Å². The van der Waals surface area contributed by atoms with Gasteiger partial charge in [0.15, 0.2) is 0 Å². The number of carbonyl (C=O) groups is 1. The van der Waals surface area contributed by atoms with Gasteiger partial charge in [0.1, 0.15) is 0 Å². The van der Waals surface area contributed by atoms with Crippen molar-refractivity contribution in [2.75, 3.05) is 0 Å². The lowest BCUT2D eigenvalue weighted by molar-refractivity contribution is -0.231. The Kier molecular flexibility index (Phi) is 5.20. The van der Waals surface area contributed by atoms with Crippen LogP contribution in [0.5, 0.6) is 0 Å². The van der Waals surface area contributed by atoms with Crippen LogP contribution in [0.3, 0.4) is 0 Å². The van der Waals surface area contributed by atoms with E-state index in [-0.39, 0.29) is 33.0 Å². The molecule has 34 heavy (non-hydrogen) atoms. The lowest BCUT2D eigenvalue weighted by Gasteiger charge is -2.71. The van der Waals surface area contributed by atoms with Crippen LogP contribution < -0.4 is 0 Å². The summed E-state index contributed by atoms with van der Waals surface area (Å²) in [6.45, 7) is 16.3. The molecule has 192 valence electrons. The number of carboxylic acid groups (broad SMARTS) is 1. The highest BCUT2D eigenvalue weighted by Gasteiger charge is 2.70. The molecule has 0 aromatic heterocycles. The van der Waals surface area contributed by atoms with Crippen LogP contribution in [0, 0.1) is 50.2 Å². The number of hydrogen-bond acceptors (Lipinski definition) is 3. The van der Waals surface area contributed by atoms with Gasteiger partial charge in [0.05, 0.1) is 17.6 Å². The molecule has 0 saturated heterocycles. The number of rotatable bonds is 1. The maximum Gasteiger partial charge on any atom is 0.310 e. The van der Waals surface area contributed by atoms with Gasteiger partial charge in [-0.25, -0.2) is 0 Å². The average Bonchev–Trinajstić information content (AvgIpc) is 2.72. The lowest BCUT2D eigenvalue weighted by atomic mass is 9.33. The van der Waals surface area contributed by atoms with Crippen LogP contribution in [0.4, 0.5) is 0 Å². The van der Waals surface area contributed by atoms with Crippen molar-refractivity contribution in [3.8, 4) is 0 Å². The Morgan fingerprint density at radius 3 is 2.18 bits per heavy atom. The molecule has 5 aliphatic rings. The number of aliphatic hydroxyl groups is 2. The fourth-order valence-electron chi connectivity index (χ4n) is 10.8. The van der Waals surface area contributed by atoms with E-state index in [4.69, 9.17) is 0 Å². The van der Waals surface area contributed by atoms with Crippen LogP contribution in [0.15, 0.2) is 11.6 Å². The van der Waals surface area contributed by atoms with Crippen molar-refractivity contribution < 1.29 is 20.1 Å². The molecule has 0 heterocycles. The Balaban J connectivity index is 1.61. The molecular formula is C30H48O4. The van der Waals surface area contributed by atoms with Crippen LogP contribution in [-0.2, 0) is 4.79 Å².